The first kappa shape index (κ1) is 15.8. The van der Waals surface area contributed by atoms with Crippen LogP contribution >= 0.6 is 15.9 Å². The van der Waals surface area contributed by atoms with Gasteiger partial charge in [-0.3, -0.25) is 4.79 Å². The van der Waals surface area contributed by atoms with Gasteiger partial charge in [0.05, 0.1) is 5.56 Å². The number of likely N-dealkylation sites (tertiary alicyclic amines) is 1. The molecule has 21 heavy (non-hydrogen) atoms. The molecule has 0 bridgehead atoms. The summed E-state index contributed by atoms with van der Waals surface area (Å²) in [5.74, 6) is -0.726. The average molecular weight is 355 g/mol. The molecular formula is C15H19BrN2O3. The summed E-state index contributed by atoms with van der Waals surface area (Å²) in [6, 6.07) is 5.16. The molecule has 1 heterocycles. The van der Waals surface area contributed by atoms with Crippen LogP contribution in [0.15, 0.2) is 22.7 Å². The van der Waals surface area contributed by atoms with Crippen LogP contribution in [0.4, 0.5) is 5.69 Å². The summed E-state index contributed by atoms with van der Waals surface area (Å²) in [7, 11) is 0. The van der Waals surface area contributed by atoms with Crippen molar-refractivity contribution in [2.75, 3.05) is 18.9 Å². The van der Waals surface area contributed by atoms with Crippen molar-refractivity contribution in [2.45, 2.75) is 32.2 Å². The quantitative estimate of drug-likeness (QED) is 0.668. The number of amides is 1. The van der Waals surface area contributed by atoms with E-state index in [0.717, 1.165) is 30.3 Å². The minimum atomic E-state index is -0.577. The standard InChI is InChI=1S/C15H19BrN2O3/c1-10-4-2-3-7-18(10)14(19)9-21-15(20)12-8-11(16)5-6-13(12)17/h5-6,8,10H,2-4,7,9,17H2,1H3/t10-/m1/s1. The monoisotopic (exact) mass is 354 g/mol. The number of nitrogens with zero attached hydrogens (tertiary/aromatic N) is 1. The molecule has 1 fully saturated rings. The van der Waals surface area contributed by atoms with Crippen molar-refractivity contribution in [3.63, 3.8) is 0 Å². The highest BCUT2D eigenvalue weighted by molar-refractivity contribution is 9.10. The maximum atomic E-state index is 12.1. The van der Waals surface area contributed by atoms with E-state index in [4.69, 9.17) is 10.5 Å². The number of piperidine rings is 1. The van der Waals surface area contributed by atoms with Crippen LogP contribution < -0.4 is 5.73 Å². The molecule has 1 amide bonds. The van der Waals surface area contributed by atoms with E-state index in [1.54, 1.807) is 23.1 Å². The van der Waals surface area contributed by atoms with Gasteiger partial charge >= 0.3 is 5.97 Å². The number of rotatable bonds is 3. The van der Waals surface area contributed by atoms with Crippen LogP contribution in [0.2, 0.25) is 0 Å². The van der Waals surface area contributed by atoms with Gasteiger partial charge in [-0.2, -0.15) is 0 Å². The zero-order valence-corrected chi connectivity index (χ0v) is 13.6. The van der Waals surface area contributed by atoms with Crippen LogP contribution in [-0.2, 0) is 9.53 Å². The molecule has 0 aliphatic carbocycles. The number of carbonyl (C=O) groups is 2. The molecule has 114 valence electrons. The Morgan fingerprint density at radius 1 is 1.43 bits per heavy atom. The molecule has 1 atom stereocenters. The highest BCUT2D eigenvalue weighted by Crippen LogP contribution is 2.20. The van der Waals surface area contributed by atoms with Crippen molar-refractivity contribution in [2.24, 2.45) is 0 Å². The molecule has 0 spiro atoms. The molecule has 0 saturated carbocycles. The lowest BCUT2D eigenvalue weighted by atomic mass is 10.0. The molecule has 0 aromatic heterocycles. The van der Waals surface area contributed by atoms with Crippen molar-refractivity contribution in [1.82, 2.24) is 4.90 Å². The van der Waals surface area contributed by atoms with Gasteiger partial charge in [0.15, 0.2) is 6.61 Å². The molecular weight excluding hydrogens is 336 g/mol. The Labute approximate surface area is 132 Å². The number of carbonyl (C=O) groups excluding carboxylic acids is 2. The molecule has 0 unspecified atom stereocenters. The van der Waals surface area contributed by atoms with Crippen LogP contribution in [0.3, 0.4) is 0 Å². The van der Waals surface area contributed by atoms with E-state index < -0.39 is 5.97 Å². The van der Waals surface area contributed by atoms with Gasteiger partial charge in [-0.05, 0) is 44.4 Å². The second-order valence-corrected chi connectivity index (χ2v) is 6.16. The molecule has 2 rings (SSSR count). The Bertz CT molecular complexity index is 548. The average Bonchev–Trinajstić information content (AvgIpc) is 2.47. The molecule has 6 heteroatoms. The number of hydrogen-bond donors (Lipinski definition) is 1. The summed E-state index contributed by atoms with van der Waals surface area (Å²) in [5.41, 5.74) is 6.35. The number of benzene rings is 1. The summed E-state index contributed by atoms with van der Waals surface area (Å²) in [4.78, 5) is 25.9. The third-order valence-corrected chi connectivity index (χ3v) is 4.18. The largest absolute Gasteiger partial charge is 0.452 e. The second kappa shape index (κ2) is 6.93. The topological polar surface area (TPSA) is 72.6 Å². The normalized spacial score (nSPS) is 18.4. The molecule has 1 aliphatic rings. The molecule has 5 nitrogen and oxygen atoms in total. The minimum Gasteiger partial charge on any atom is -0.452 e. The highest BCUT2D eigenvalue weighted by atomic mass is 79.9. The van der Waals surface area contributed by atoms with E-state index in [-0.39, 0.29) is 24.1 Å². The predicted molar refractivity (Wildman–Crippen MR) is 83.9 cm³/mol. The Balaban J connectivity index is 1.94. The van der Waals surface area contributed by atoms with Gasteiger partial charge in [0.2, 0.25) is 0 Å². The molecule has 1 aromatic carbocycles. The fourth-order valence-corrected chi connectivity index (χ4v) is 2.82. The zero-order valence-electron chi connectivity index (χ0n) is 12.0. The first-order chi connectivity index (χ1) is 9.99. The maximum absolute atomic E-state index is 12.1. The Hall–Kier alpha value is -1.56. The lowest BCUT2D eigenvalue weighted by molar-refractivity contribution is -0.137. The van der Waals surface area contributed by atoms with E-state index in [0.29, 0.717) is 5.69 Å². The summed E-state index contributed by atoms with van der Waals surface area (Å²) in [6.07, 6.45) is 3.14. The first-order valence-electron chi connectivity index (χ1n) is 7.00. The van der Waals surface area contributed by atoms with Crippen molar-refractivity contribution in [3.8, 4) is 0 Å². The van der Waals surface area contributed by atoms with Gasteiger partial charge in [-0.25, -0.2) is 4.79 Å². The molecule has 1 aromatic rings. The van der Waals surface area contributed by atoms with E-state index in [9.17, 15) is 9.59 Å². The van der Waals surface area contributed by atoms with Crippen LogP contribution in [-0.4, -0.2) is 36.0 Å². The van der Waals surface area contributed by atoms with Crippen LogP contribution in [0.5, 0.6) is 0 Å². The summed E-state index contributed by atoms with van der Waals surface area (Å²) in [6.45, 7) is 2.51. The smallest absolute Gasteiger partial charge is 0.340 e. The Morgan fingerprint density at radius 3 is 2.90 bits per heavy atom. The van der Waals surface area contributed by atoms with Crippen molar-refractivity contribution < 1.29 is 14.3 Å². The van der Waals surface area contributed by atoms with Gasteiger partial charge < -0.3 is 15.4 Å². The number of hydrogen-bond acceptors (Lipinski definition) is 4. The van der Waals surface area contributed by atoms with Crippen molar-refractivity contribution in [3.05, 3.63) is 28.2 Å². The Morgan fingerprint density at radius 2 is 2.19 bits per heavy atom. The van der Waals surface area contributed by atoms with E-state index >= 15 is 0 Å². The summed E-state index contributed by atoms with van der Waals surface area (Å²) < 4.78 is 5.83. The fraction of sp³-hybridized carbons (Fsp3) is 0.467. The second-order valence-electron chi connectivity index (χ2n) is 5.24. The molecule has 1 saturated heterocycles. The van der Waals surface area contributed by atoms with E-state index in [2.05, 4.69) is 15.9 Å². The molecule has 0 radical (unpaired) electrons. The maximum Gasteiger partial charge on any atom is 0.340 e. The van der Waals surface area contributed by atoms with Crippen LogP contribution in [0.1, 0.15) is 36.5 Å². The lowest BCUT2D eigenvalue weighted by Crippen LogP contribution is -2.44. The Kier molecular flexibility index (Phi) is 5.22. The van der Waals surface area contributed by atoms with Crippen LogP contribution in [0, 0.1) is 0 Å². The minimum absolute atomic E-state index is 0.149. The van der Waals surface area contributed by atoms with Crippen molar-refractivity contribution in [1.29, 1.82) is 0 Å². The number of ether oxygens (including phenoxy) is 1. The van der Waals surface area contributed by atoms with E-state index in [1.807, 2.05) is 6.92 Å². The van der Waals surface area contributed by atoms with Gasteiger partial charge in [-0.15, -0.1) is 0 Å². The molecule has 1 aliphatic heterocycles. The SMILES string of the molecule is C[C@@H]1CCCCN1C(=O)COC(=O)c1cc(Br)ccc1N. The fourth-order valence-electron chi connectivity index (χ4n) is 2.46. The highest BCUT2D eigenvalue weighted by Gasteiger charge is 2.24. The third-order valence-electron chi connectivity index (χ3n) is 3.69. The number of halogens is 1. The summed E-state index contributed by atoms with van der Waals surface area (Å²) >= 11 is 3.28. The van der Waals surface area contributed by atoms with Gasteiger partial charge in [-0.1, -0.05) is 15.9 Å². The number of nitrogen functional groups attached to an aromatic ring is 1. The van der Waals surface area contributed by atoms with Crippen LogP contribution in [0.25, 0.3) is 0 Å². The van der Waals surface area contributed by atoms with Gasteiger partial charge in [0.1, 0.15) is 0 Å². The lowest BCUT2D eigenvalue weighted by Gasteiger charge is -2.33. The van der Waals surface area contributed by atoms with Gasteiger partial charge in [0, 0.05) is 22.7 Å². The summed E-state index contributed by atoms with van der Waals surface area (Å²) in [5, 5.41) is 0. The first-order valence-corrected chi connectivity index (χ1v) is 7.80. The zero-order chi connectivity index (χ0) is 15.4. The van der Waals surface area contributed by atoms with Gasteiger partial charge in [0.25, 0.3) is 5.91 Å². The number of esters is 1. The predicted octanol–water partition coefficient (Wildman–Crippen LogP) is 2.59. The number of anilines is 1. The van der Waals surface area contributed by atoms with Crippen molar-refractivity contribution >= 4 is 33.5 Å². The van der Waals surface area contributed by atoms with E-state index in [1.165, 1.54) is 0 Å². The third kappa shape index (κ3) is 3.97. The molecule has 2 N–H and O–H groups in total. The number of nitrogens with two attached hydrogens (primary N) is 1.